The summed E-state index contributed by atoms with van der Waals surface area (Å²) >= 11 is 1.47. The van der Waals surface area contributed by atoms with E-state index < -0.39 is 0 Å². The van der Waals surface area contributed by atoms with Crippen molar-refractivity contribution < 1.29 is 0 Å². The average Bonchev–Trinajstić information content (AvgIpc) is 2.72. The number of aromatic amines is 1. The van der Waals surface area contributed by atoms with Crippen molar-refractivity contribution in [3.63, 3.8) is 0 Å². The van der Waals surface area contributed by atoms with Gasteiger partial charge >= 0.3 is 0 Å². The fourth-order valence-electron chi connectivity index (χ4n) is 2.01. The number of rotatable bonds is 1. The van der Waals surface area contributed by atoms with Crippen LogP contribution >= 0.6 is 11.8 Å². The Morgan fingerprint density at radius 2 is 2.12 bits per heavy atom. The number of para-hydroxylation sites is 1. The predicted octanol–water partition coefficient (Wildman–Crippen LogP) is 2.14. The van der Waals surface area contributed by atoms with Crippen LogP contribution in [-0.2, 0) is 7.05 Å². The van der Waals surface area contributed by atoms with Crippen LogP contribution in [0.3, 0.4) is 0 Å². The van der Waals surface area contributed by atoms with Gasteiger partial charge in [-0.3, -0.25) is 9.36 Å². The van der Waals surface area contributed by atoms with Crippen molar-refractivity contribution in [2.45, 2.75) is 5.16 Å². The number of hydrogen-bond donors (Lipinski definition) is 1. The molecule has 1 N–H and O–H groups in total. The summed E-state index contributed by atoms with van der Waals surface area (Å²) in [5.41, 5.74) is 2.25. The molecule has 3 rings (SSSR count). The van der Waals surface area contributed by atoms with Crippen LogP contribution in [0, 0.1) is 0 Å². The van der Waals surface area contributed by atoms with Crippen LogP contribution < -0.4 is 5.56 Å². The number of thioether (sulfide) groups is 1. The largest absolute Gasteiger partial charge is 0.349 e. The fourth-order valence-corrected chi connectivity index (χ4v) is 2.55. The number of aromatic nitrogens is 3. The van der Waals surface area contributed by atoms with Crippen LogP contribution in [0.25, 0.3) is 21.9 Å². The Balaban J connectivity index is 2.58. The standard InChI is InChI=1S/C12H11N3OS/c1-15-11(16)10-9(14-12(15)17-2)7-5-3-4-6-8(7)13-10/h3-6,13H,1-2H3. The zero-order valence-corrected chi connectivity index (χ0v) is 10.3. The molecule has 0 aliphatic carbocycles. The maximum absolute atomic E-state index is 12.2. The first-order valence-electron chi connectivity index (χ1n) is 5.24. The minimum Gasteiger partial charge on any atom is -0.349 e. The maximum atomic E-state index is 12.2. The molecular formula is C12H11N3OS. The summed E-state index contributed by atoms with van der Waals surface area (Å²) in [5, 5.41) is 1.72. The van der Waals surface area contributed by atoms with Gasteiger partial charge in [0.1, 0.15) is 11.0 Å². The van der Waals surface area contributed by atoms with Crippen LogP contribution in [0.1, 0.15) is 0 Å². The molecule has 0 fully saturated rings. The number of hydrogen-bond acceptors (Lipinski definition) is 3. The minimum atomic E-state index is -0.0319. The molecular weight excluding hydrogens is 234 g/mol. The molecule has 3 aromatic rings. The number of nitrogens with zero attached hydrogens (tertiary/aromatic N) is 2. The second kappa shape index (κ2) is 3.63. The summed E-state index contributed by atoms with van der Waals surface area (Å²) in [4.78, 5) is 19.8. The van der Waals surface area contributed by atoms with E-state index >= 15 is 0 Å². The molecule has 2 aromatic heterocycles. The van der Waals surface area contributed by atoms with Crippen LogP contribution in [0.4, 0.5) is 0 Å². The lowest BCUT2D eigenvalue weighted by atomic mass is 10.2. The number of H-pyrrole nitrogens is 1. The topological polar surface area (TPSA) is 50.7 Å². The van der Waals surface area contributed by atoms with E-state index in [4.69, 9.17) is 0 Å². The Bertz CT molecular complexity index is 772. The molecule has 0 bridgehead atoms. The van der Waals surface area contributed by atoms with Crippen molar-refractivity contribution in [3.8, 4) is 0 Å². The number of benzene rings is 1. The Hall–Kier alpha value is -1.75. The van der Waals surface area contributed by atoms with Crippen LogP contribution in [0.2, 0.25) is 0 Å². The Labute approximate surface area is 102 Å². The Morgan fingerprint density at radius 1 is 1.35 bits per heavy atom. The van der Waals surface area contributed by atoms with Crippen LogP contribution in [0.15, 0.2) is 34.2 Å². The summed E-state index contributed by atoms with van der Waals surface area (Å²) in [7, 11) is 1.74. The van der Waals surface area contributed by atoms with Crippen molar-refractivity contribution in [2.24, 2.45) is 7.05 Å². The van der Waals surface area contributed by atoms with Gasteiger partial charge in [0.15, 0.2) is 5.16 Å². The highest BCUT2D eigenvalue weighted by atomic mass is 32.2. The van der Waals surface area contributed by atoms with Gasteiger partial charge in [0, 0.05) is 18.0 Å². The molecule has 0 radical (unpaired) electrons. The Morgan fingerprint density at radius 3 is 2.88 bits per heavy atom. The molecule has 0 aliphatic heterocycles. The quantitative estimate of drug-likeness (QED) is 0.528. The third-order valence-corrected chi connectivity index (χ3v) is 3.60. The van der Waals surface area contributed by atoms with Gasteiger partial charge in [0.25, 0.3) is 5.56 Å². The number of nitrogens with one attached hydrogen (secondary N) is 1. The van der Waals surface area contributed by atoms with Crippen molar-refractivity contribution in [1.29, 1.82) is 0 Å². The molecule has 0 amide bonds. The zero-order chi connectivity index (χ0) is 12.0. The van der Waals surface area contributed by atoms with E-state index in [1.165, 1.54) is 11.8 Å². The second-order valence-corrected chi connectivity index (χ2v) is 4.63. The molecule has 0 spiro atoms. The van der Waals surface area contributed by atoms with E-state index in [0.29, 0.717) is 5.52 Å². The highest BCUT2D eigenvalue weighted by molar-refractivity contribution is 7.98. The molecule has 2 heterocycles. The minimum absolute atomic E-state index is 0.0319. The summed E-state index contributed by atoms with van der Waals surface area (Å²) in [6.07, 6.45) is 1.92. The van der Waals surface area contributed by atoms with Gasteiger partial charge in [-0.15, -0.1) is 0 Å². The van der Waals surface area contributed by atoms with E-state index in [-0.39, 0.29) is 5.56 Å². The summed E-state index contributed by atoms with van der Waals surface area (Å²) in [6.45, 7) is 0. The molecule has 4 nitrogen and oxygen atoms in total. The highest BCUT2D eigenvalue weighted by Gasteiger charge is 2.12. The normalized spacial score (nSPS) is 11.4. The lowest BCUT2D eigenvalue weighted by molar-refractivity contribution is 0.726. The monoisotopic (exact) mass is 245 g/mol. The van der Waals surface area contributed by atoms with Gasteiger partial charge in [-0.05, 0) is 12.3 Å². The van der Waals surface area contributed by atoms with Crippen LogP contribution in [-0.4, -0.2) is 20.8 Å². The number of fused-ring (bicyclic) bond motifs is 3. The lowest BCUT2D eigenvalue weighted by Gasteiger charge is -2.03. The van der Waals surface area contributed by atoms with E-state index in [2.05, 4.69) is 9.97 Å². The van der Waals surface area contributed by atoms with Crippen molar-refractivity contribution in [2.75, 3.05) is 6.26 Å². The molecule has 0 unspecified atom stereocenters. The highest BCUT2D eigenvalue weighted by Crippen LogP contribution is 2.23. The molecule has 0 saturated heterocycles. The SMILES string of the molecule is CSc1nc2c([nH]c3ccccc32)c(=O)n1C. The van der Waals surface area contributed by atoms with Gasteiger partial charge in [0.05, 0.1) is 0 Å². The fraction of sp³-hybridized carbons (Fsp3) is 0.167. The third-order valence-electron chi connectivity index (χ3n) is 2.87. The zero-order valence-electron chi connectivity index (χ0n) is 9.52. The van der Waals surface area contributed by atoms with Gasteiger partial charge in [-0.25, -0.2) is 4.98 Å². The van der Waals surface area contributed by atoms with Gasteiger partial charge < -0.3 is 4.98 Å². The Kier molecular flexibility index (Phi) is 2.22. The first-order valence-corrected chi connectivity index (χ1v) is 6.46. The molecule has 17 heavy (non-hydrogen) atoms. The molecule has 0 atom stereocenters. The van der Waals surface area contributed by atoms with Gasteiger partial charge in [-0.1, -0.05) is 30.0 Å². The van der Waals surface area contributed by atoms with E-state index in [1.807, 2.05) is 30.5 Å². The summed E-state index contributed by atoms with van der Waals surface area (Å²) < 4.78 is 1.57. The van der Waals surface area contributed by atoms with E-state index in [1.54, 1.807) is 11.6 Å². The summed E-state index contributed by atoms with van der Waals surface area (Å²) in [5.74, 6) is 0. The van der Waals surface area contributed by atoms with Crippen molar-refractivity contribution >= 4 is 33.7 Å². The molecule has 86 valence electrons. The lowest BCUT2D eigenvalue weighted by Crippen LogP contribution is -2.19. The average molecular weight is 245 g/mol. The second-order valence-electron chi connectivity index (χ2n) is 3.86. The molecule has 0 saturated carbocycles. The molecule has 0 aliphatic rings. The predicted molar refractivity (Wildman–Crippen MR) is 70.6 cm³/mol. The molecule has 1 aromatic carbocycles. The molecule has 5 heteroatoms. The van der Waals surface area contributed by atoms with Crippen molar-refractivity contribution in [1.82, 2.24) is 14.5 Å². The van der Waals surface area contributed by atoms with Gasteiger partial charge in [0.2, 0.25) is 0 Å². The summed E-state index contributed by atoms with van der Waals surface area (Å²) in [6, 6.07) is 7.82. The van der Waals surface area contributed by atoms with E-state index in [9.17, 15) is 4.79 Å². The first-order chi connectivity index (χ1) is 8.22. The first kappa shape index (κ1) is 10.4. The van der Waals surface area contributed by atoms with E-state index in [0.717, 1.165) is 21.6 Å². The van der Waals surface area contributed by atoms with Gasteiger partial charge in [-0.2, -0.15) is 0 Å². The van der Waals surface area contributed by atoms with Crippen molar-refractivity contribution in [3.05, 3.63) is 34.6 Å². The maximum Gasteiger partial charge on any atom is 0.278 e. The smallest absolute Gasteiger partial charge is 0.278 e. The third kappa shape index (κ3) is 1.39. The van der Waals surface area contributed by atoms with Crippen LogP contribution in [0.5, 0.6) is 0 Å².